The van der Waals surface area contributed by atoms with E-state index in [-0.39, 0.29) is 5.41 Å². The molecule has 0 aliphatic heterocycles. The summed E-state index contributed by atoms with van der Waals surface area (Å²) >= 11 is 1.88. The predicted octanol–water partition coefficient (Wildman–Crippen LogP) is 14.2. The van der Waals surface area contributed by atoms with Gasteiger partial charge in [0.15, 0.2) is 0 Å². The summed E-state index contributed by atoms with van der Waals surface area (Å²) in [6.07, 6.45) is 11.7. The summed E-state index contributed by atoms with van der Waals surface area (Å²) in [7, 11) is 0. The van der Waals surface area contributed by atoms with E-state index in [2.05, 4.69) is 188 Å². The Kier molecular flexibility index (Phi) is 7.02. The number of imidazole rings is 1. The number of hydrogen-bond donors (Lipinski definition) is 0. The van der Waals surface area contributed by atoms with Crippen molar-refractivity contribution in [2.45, 2.75) is 44.9 Å². The van der Waals surface area contributed by atoms with Crippen molar-refractivity contribution in [3.05, 3.63) is 191 Å². The summed E-state index contributed by atoms with van der Waals surface area (Å²) in [6.45, 7) is 7.21. The third kappa shape index (κ3) is 4.74. The van der Waals surface area contributed by atoms with Crippen molar-refractivity contribution in [3.63, 3.8) is 0 Å². The van der Waals surface area contributed by atoms with Gasteiger partial charge in [-0.1, -0.05) is 136 Å². The van der Waals surface area contributed by atoms with Gasteiger partial charge in [-0.3, -0.25) is 4.40 Å². The maximum atomic E-state index is 5.34. The zero-order chi connectivity index (χ0) is 38.0. The number of nitrogens with zero attached hydrogens (tertiary/aromatic N) is 3. The van der Waals surface area contributed by atoms with Gasteiger partial charge in [0, 0.05) is 59.5 Å². The first-order valence-corrected chi connectivity index (χ1v) is 21.1. The molecule has 3 aliphatic carbocycles. The first kappa shape index (κ1) is 33.0. The van der Waals surface area contributed by atoms with Crippen molar-refractivity contribution < 1.29 is 0 Å². The van der Waals surface area contributed by atoms with Crippen LogP contribution in [0.4, 0.5) is 5.69 Å². The second-order valence-electron chi connectivity index (χ2n) is 16.7. The van der Waals surface area contributed by atoms with Crippen LogP contribution in [0.5, 0.6) is 0 Å². The van der Waals surface area contributed by atoms with Gasteiger partial charge in [-0.25, -0.2) is 4.98 Å². The minimum Gasteiger partial charge on any atom is -0.315 e. The van der Waals surface area contributed by atoms with Gasteiger partial charge in [-0.15, -0.1) is 11.3 Å². The minimum atomic E-state index is -0.00531. The molecule has 0 saturated heterocycles. The predicted molar refractivity (Wildman–Crippen MR) is 241 cm³/mol. The average molecular weight is 752 g/mol. The molecule has 3 aromatic heterocycles. The number of thiophene rings is 1. The van der Waals surface area contributed by atoms with Crippen molar-refractivity contribution in [2.75, 3.05) is 4.90 Å². The number of rotatable bonds is 5. The lowest BCUT2D eigenvalue weighted by atomic mass is 9.75. The zero-order valence-corrected chi connectivity index (χ0v) is 33.1. The normalized spacial score (nSPS) is 18.9. The van der Waals surface area contributed by atoms with Crippen molar-refractivity contribution in [3.8, 4) is 11.4 Å². The van der Waals surface area contributed by atoms with Gasteiger partial charge in [0.25, 0.3) is 0 Å². The third-order valence-corrected chi connectivity index (χ3v) is 14.3. The van der Waals surface area contributed by atoms with Crippen LogP contribution < -0.4 is 4.90 Å². The molecule has 274 valence electrons. The number of aromatic nitrogens is 2. The lowest BCUT2D eigenvalue weighted by Crippen LogP contribution is -2.28. The molecule has 9 aromatic rings. The average Bonchev–Trinajstić information content (AvgIpc) is 3.87. The van der Waals surface area contributed by atoms with E-state index in [0.717, 1.165) is 29.7 Å². The number of fused-ring (bicyclic) bond motifs is 6. The summed E-state index contributed by atoms with van der Waals surface area (Å²) in [5, 5.41) is 5.22. The maximum absolute atomic E-state index is 5.34. The molecule has 0 saturated carbocycles. The van der Waals surface area contributed by atoms with Gasteiger partial charge in [-0.2, -0.15) is 0 Å². The summed E-state index contributed by atoms with van der Waals surface area (Å²) in [6, 6.07) is 49.2. The number of hydrogen-bond acceptors (Lipinski definition) is 3. The molecule has 2 unspecified atom stereocenters. The fourth-order valence-electron chi connectivity index (χ4n) is 10.6. The monoisotopic (exact) mass is 751 g/mol. The van der Waals surface area contributed by atoms with E-state index in [1.54, 1.807) is 0 Å². The van der Waals surface area contributed by atoms with Crippen LogP contribution in [-0.4, -0.2) is 9.38 Å². The second-order valence-corrected chi connectivity index (χ2v) is 17.8. The highest BCUT2D eigenvalue weighted by Gasteiger charge is 2.45. The van der Waals surface area contributed by atoms with Gasteiger partial charge < -0.3 is 4.90 Å². The molecular formula is C53H41N3S. The Morgan fingerprint density at radius 3 is 2.30 bits per heavy atom. The third-order valence-electron chi connectivity index (χ3n) is 13.2. The SMILES string of the molecule is CC1C=C(N(C2=CC=C(c3ccc(-c4nc5ccc6sc7cccc8c9ccccc9n4c5c6c78)cc3)CC2)c2ccccc2)C=C2C1c1ccccc1C2(C)C. The Bertz CT molecular complexity index is 3220. The molecule has 0 N–H and O–H groups in total. The summed E-state index contributed by atoms with van der Waals surface area (Å²) < 4.78 is 5.06. The molecule has 0 radical (unpaired) electrons. The van der Waals surface area contributed by atoms with Crippen molar-refractivity contribution >= 4 is 70.1 Å². The number of allylic oxidation sites excluding steroid dienone is 7. The quantitative estimate of drug-likeness (QED) is 0.175. The zero-order valence-electron chi connectivity index (χ0n) is 32.3. The van der Waals surface area contributed by atoms with Crippen LogP contribution in [0.1, 0.15) is 56.2 Å². The van der Waals surface area contributed by atoms with E-state index in [4.69, 9.17) is 4.98 Å². The first-order chi connectivity index (χ1) is 27.9. The fraction of sp³-hybridized carbons (Fsp3) is 0.151. The molecule has 0 fully saturated rings. The number of para-hydroxylation sites is 2. The molecular weight excluding hydrogens is 711 g/mol. The highest BCUT2D eigenvalue weighted by Crippen LogP contribution is 2.56. The molecule has 3 heterocycles. The minimum absolute atomic E-state index is 0.00531. The van der Waals surface area contributed by atoms with Crippen molar-refractivity contribution in [1.82, 2.24) is 9.38 Å². The van der Waals surface area contributed by atoms with E-state index in [1.807, 2.05) is 11.3 Å². The van der Waals surface area contributed by atoms with Crippen LogP contribution in [0, 0.1) is 5.92 Å². The van der Waals surface area contributed by atoms with Crippen LogP contribution in [0.15, 0.2) is 175 Å². The Labute approximate surface area is 336 Å². The lowest BCUT2D eigenvalue weighted by Gasteiger charge is -2.36. The van der Waals surface area contributed by atoms with Crippen LogP contribution >= 0.6 is 11.3 Å². The maximum Gasteiger partial charge on any atom is 0.145 e. The molecule has 0 amide bonds. The Balaban J connectivity index is 0.929. The molecule has 12 rings (SSSR count). The van der Waals surface area contributed by atoms with Gasteiger partial charge in [0.05, 0.1) is 16.6 Å². The van der Waals surface area contributed by atoms with E-state index < -0.39 is 0 Å². The Morgan fingerprint density at radius 2 is 1.46 bits per heavy atom. The molecule has 57 heavy (non-hydrogen) atoms. The Morgan fingerprint density at radius 1 is 0.702 bits per heavy atom. The highest BCUT2D eigenvalue weighted by atomic mass is 32.1. The number of benzene rings is 6. The van der Waals surface area contributed by atoms with Crippen LogP contribution in [0.2, 0.25) is 0 Å². The number of anilines is 1. The molecule has 4 heteroatoms. The molecule has 3 nitrogen and oxygen atoms in total. The highest BCUT2D eigenvalue weighted by molar-refractivity contribution is 7.26. The van der Waals surface area contributed by atoms with E-state index in [1.165, 1.54) is 86.9 Å². The molecule has 0 spiro atoms. The van der Waals surface area contributed by atoms with Gasteiger partial charge in [0.1, 0.15) is 5.82 Å². The molecule has 3 aliphatic rings. The smallest absolute Gasteiger partial charge is 0.145 e. The van der Waals surface area contributed by atoms with Gasteiger partial charge >= 0.3 is 0 Å². The molecule has 2 atom stereocenters. The first-order valence-electron chi connectivity index (χ1n) is 20.3. The standard InChI is InChI=1S/C53H41N3S/c1-32-30-38(31-43-48(32)41-15-7-9-17-42(41)53(43,2)3)55(36-12-5-4-6-13-36)37-26-24-34(25-27-37)33-20-22-35(23-21-33)52-54-44-28-29-47-50-49-40(16-11-19-46(49)57-47)39-14-8-10-18-45(39)56(52)51(44)50/h4-24,26,28-32,48H,25,27H2,1-3H3. The van der Waals surface area contributed by atoms with Gasteiger partial charge in [0.2, 0.25) is 0 Å². The molecule has 6 aromatic carbocycles. The van der Waals surface area contributed by atoms with Crippen LogP contribution in [0.3, 0.4) is 0 Å². The Hall–Kier alpha value is -6.23. The fourth-order valence-corrected chi connectivity index (χ4v) is 11.7. The summed E-state index contributed by atoms with van der Waals surface area (Å²) in [4.78, 5) is 7.85. The van der Waals surface area contributed by atoms with E-state index >= 15 is 0 Å². The van der Waals surface area contributed by atoms with Crippen LogP contribution in [0.25, 0.3) is 64.5 Å². The van der Waals surface area contributed by atoms with Gasteiger partial charge in [-0.05, 0) is 95.0 Å². The van der Waals surface area contributed by atoms with E-state index in [9.17, 15) is 0 Å². The second kappa shape index (κ2) is 12.1. The summed E-state index contributed by atoms with van der Waals surface area (Å²) in [5.41, 5.74) is 15.5. The lowest BCUT2D eigenvalue weighted by molar-refractivity contribution is 0.545. The van der Waals surface area contributed by atoms with Crippen LogP contribution in [-0.2, 0) is 5.41 Å². The largest absolute Gasteiger partial charge is 0.315 e. The topological polar surface area (TPSA) is 20.5 Å². The molecule has 0 bridgehead atoms. The van der Waals surface area contributed by atoms with Crippen molar-refractivity contribution in [1.29, 1.82) is 0 Å². The summed E-state index contributed by atoms with van der Waals surface area (Å²) in [5.74, 6) is 1.81. The van der Waals surface area contributed by atoms with Crippen molar-refractivity contribution in [2.24, 2.45) is 5.92 Å². The van der Waals surface area contributed by atoms with E-state index in [0.29, 0.717) is 11.8 Å².